The highest BCUT2D eigenvalue weighted by molar-refractivity contribution is 6.07. The molecule has 0 aliphatic rings. The summed E-state index contributed by atoms with van der Waals surface area (Å²) in [5, 5.41) is 0. The Hall–Kier alpha value is -2.55. The zero-order valence-electron chi connectivity index (χ0n) is 13.3. The van der Waals surface area contributed by atoms with Gasteiger partial charge in [0.25, 0.3) is 0 Å². The van der Waals surface area contributed by atoms with Crippen molar-refractivity contribution in [1.29, 1.82) is 0 Å². The minimum absolute atomic E-state index is 0.0158. The molecule has 3 nitrogen and oxygen atoms in total. The van der Waals surface area contributed by atoms with Crippen LogP contribution in [-0.2, 0) is 0 Å². The Morgan fingerprint density at radius 2 is 1.64 bits per heavy atom. The van der Waals surface area contributed by atoms with E-state index < -0.39 is 0 Å². The summed E-state index contributed by atoms with van der Waals surface area (Å²) in [6, 6.07) is 11.3. The van der Waals surface area contributed by atoms with Gasteiger partial charge in [0.2, 0.25) is 0 Å². The fourth-order valence-corrected chi connectivity index (χ4v) is 2.12. The number of carbonyl (C=O) groups excluding carboxylic acids is 1. The standard InChI is InChI=1S/C19H20O3/c1-13-5-8-16(11-14(13)2)17(20)9-6-15-7-10-18(21-3)19(12-15)22-4/h5-12H,1-4H3. The lowest BCUT2D eigenvalue weighted by atomic mass is 10.0. The maximum Gasteiger partial charge on any atom is 0.185 e. The lowest BCUT2D eigenvalue weighted by Crippen LogP contribution is -1.96. The van der Waals surface area contributed by atoms with Gasteiger partial charge in [-0.15, -0.1) is 0 Å². The van der Waals surface area contributed by atoms with E-state index in [1.807, 2.05) is 50.2 Å². The molecule has 0 spiro atoms. The summed E-state index contributed by atoms with van der Waals surface area (Å²) in [7, 11) is 3.18. The molecule has 0 radical (unpaired) electrons. The number of hydrogen-bond acceptors (Lipinski definition) is 3. The Labute approximate surface area is 131 Å². The van der Waals surface area contributed by atoms with Gasteiger partial charge >= 0.3 is 0 Å². The number of ketones is 1. The average molecular weight is 296 g/mol. The predicted molar refractivity (Wildman–Crippen MR) is 88.8 cm³/mol. The number of methoxy groups -OCH3 is 2. The van der Waals surface area contributed by atoms with Gasteiger partial charge in [-0.1, -0.05) is 24.3 Å². The van der Waals surface area contributed by atoms with Crippen LogP contribution in [0, 0.1) is 13.8 Å². The van der Waals surface area contributed by atoms with Gasteiger partial charge < -0.3 is 9.47 Å². The third kappa shape index (κ3) is 3.55. The van der Waals surface area contributed by atoms with Crippen molar-refractivity contribution < 1.29 is 14.3 Å². The third-order valence-corrected chi connectivity index (χ3v) is 3.63. The maximum atomic E-state index is 12.2. The molecule has 0 unspecified atom stereocenters. The largest absolute Gasteiger partial charge is 0.493 e. The molecule has 0 aliphatic carbocycles. The number of benzene rings is 2. The molecular formula is C19H20O3. The van der Waals surface area contributed by atoms with Crippen LogP contribution in [0.3, 0.4) is 0 Å². The fourth-order valence-electron chi connectivity index (χ4n) is 2.12. The van der Waals surface area contributed by atoms with Crippen molar-refractivity contribution in [2.75, 3.05) is 14.2 Å². The summed E-state index contributed by atoms with van der Waals surface area (Å²) in [6.07, 6.45) is 3.35. The SMILES string of the molecule is COc1ccc(C=CC(=O)c2ccc(C)c(C)c2)cc1OC. The highest BCUT2D eigenvalue weighted by Crippen LogP contribution is 2.28. The van der Waals surface area contributed by atoms with Gasteiger partial charge in [-0.2, -0.15) is 0 Å². The molecule has 0 saturated heterocycles. The maximum absolute atomic E-state index is 12.2. The van der Waals surface area contributed by atoms with E-state index in [0.717, 1.165) is 11.1 Å². The van der Waals surface area contributed by atoms with Crippen molar-refractivity contribution >= 4 is 11.9 Å². The Morgan fingerprint density at radius 3 is 2.27 bits per heavy atom. The highest BCUT2D eigenvalue weighted by Gasteiger charge is 2.05. The molecule has 2 rings (SSSR count). The number of allylic oxidation sites excluding steroid dienone is 1. The molecular weight excluding hydrogens is 276 g/mol. The van der Waals surface area contributed by atoms with Crippen LogP contribution in [0.15, 0.2) is 42.5 Å². The Kier molecular flexibility index (Phi) is 4.99. The van der Waals surface area contributed by atoms with Crippen LogP contribution in [0.5, 0.6) is 11.5 Å². The monoisotopic (exact) mass is 296 g/mol. The Bertz CT molecular complexity index is 715. The summed E-state index contributed by atoms with van der Waals surface area (Å²) < 4.78 is 10.4. The fraction of sp³-hybridized carbons (Fsp3) is 0.211. The summed E-state index contributed by atoms with van der Waals surface area (Å²) in [5.41, 5.74) is 3.88. The number of rotatable bonds is 5. The molecule has 2 aromatic rings. The van der Waals surface area contributed by atoms with Gasteiger partial charge in [-0.3, -0.25) is 4.79 Å². The summed E-state index contributed by atoms with van der Waals surface area (Å²) in [4.78, 5) is 12.2. The van der Waals surface area contributed by atoms with E-state index in [1.54, 1.807) is 26.4 Å². The molecule has 0 N–H and O–H groups in total. The van der Waals surface area contributed by atoms with Crippen molar-refractivity contribution in [2.24, 2.45) is 0 Å². The number of hydrogen-bond donors (Lipinski definition) is 0. The summed E-state index contributed by atoms with van der Waals surface area (Å²) in [6.45, 7) is 4.03. The van der Waals surface area contributed by atoms with Gasteiger partial charge in [0.15, 0.2) is 17.3 Å². The molecule has 0 aromatic heterocycles. The second kappa shape index (κ2) is 6.94. The zero-order chi connectivity index (χ0) is 16.1. The molecule has 114 valence electrons. The number of aryl methyl sites for hydroxylation is 2. The molecule has 3 heteroatoms. The van der Waals surface area contributed by atoms with E-state index in [-0.39, 0.29) is 5.78 Å². The Balaban J connectivity index is 2.20. The molecule has 0 atom stereocenters. The molecule has 0 saturated carbocycles. The number of carbonyl (C=O) groups is 1. The van der Waals surface area contributed by atoms with Crippen molar-refractivity contribution in [2.45, 2.75) is 13.8 Å². The van der Waals surface area contributed by atoms with Crippen LogP contribution in [0.1, 0.15) is 27.0 Å². The van der Waals surface area contributed by atoms with Gasteiger partial charge in [-0.05, 0) is 54.8 Å². The highest BCUT2D eigenvalue weighted by atomic mass is 16.5. The smallest absolute Gasteiger partial charge is 0.185 e. The van der Waals surface area contributed by atoms with Gasteiger partial charge in [0.1, 0.15) is 0 Å². The van der Waals surface area contributed by atoms with Crippen molar-refractivity contribution in [3.8, 4) is 11.5 Å². The second-order valence-corrected chi connectivity index (χ2v) is 5.11. The van der Waals surface area contributed by atoms with Crippen LogP contribution in [-0.4, -0.2) is 20.0 Å². The first-order valence-corrected chi connectivity index (χ1v) is 7.07. The number of ether oxygens (including phenoxy) is 2. The van der Waals surface area contributed by atoms with E-state index in [9.17, 15) is 4.79 Å². The molecule has 2 aromatic carbocycles. The first kappa shape index (κ1) is 15.8. The molecule has 0 bridgehead atoms. The first-order chi connectivity index (χ1) is 10.5. The van der Waals surface area contributed by atoms with E-state index in [4.69, 9.17) is 9.47 Å². The van der Waals surface area contributed by atoms with Crippen LogP contribution >= 0.6 is 0 Å². The third-order valence-electron chi connectivity index (χ3n) is 3.63. The molecule has 0 aliphatic heterocycles. The van der Waals surface area contributed by atoms with Crippen LogP contribution in [0.25, 0.3) is 6.08 Å². The lowest BCUT2D eigenvalue weighted by molar-refractivity contribution is 0.104. The quantitative estimate of drug-likeness (QED) is 0.612. The predicted octanol–water partition coefficient (Wildman–Crippen LogP) is 4.22. The molecule has 0 amide bonds. The second-order valence-electron chi connectivity index (χ2n) is 5.11. The van der Waals surface area contributed by atoms with E-state index >= 15 is 0 Å². The Morgan fingerprint density at radius 1 is 0.909 bits per heavy atom. The van der Waals surface area contributed by atoms with Crippen molar-refractivity contribution in [3.63, 3.8) is 0 Å². The lowest BCUT2D eigenvalue weighted by Gasteiger charge is -2.07. The zero-order valence-corrected chi connectivity index (χ0v) is 13.3. The minimum atomic E-state index is -0.0158. The van der Waals surface area contributed by atoms with Gasteiger partial charge in [-0.25, -0.2) is 0 Å². The summed E-state index contributed by atoms with van der Waals surface area (Å²) >= 11 is 0. The topological polar surface area (TPSA) is 35.5 Å². The van der Waals surface area contributed by atoms with E-state index in [1.165, 1.54) is 5.56 Å². The van der Waals surface area contributed by atoms with Crippen LogP contribution in [0.2, 0.25) is 0 Å². The van der Waals surface area contributed by atoms with Crippen LogP contribution in [0.4, 0.5) is 0 Å². The first-order valence-electron chi connectivity index (χ1n) is 7.07. The van der Waals surface area contributed by atoms with E-state index in [0.29, 0.717) is 17.1 Å². The molecule has 0 heterocycles. The van der Waals surface area contributed by atoms with Gasteiger partial charge in [0.05, 0.1) is 14.2 Å². The van der Waals surface area contributed by atoms with E-state index in [2.05, 4.69) is 0 Å². The minimum Gasteiger partial charge on any atom is -0.493 e. The molecule has 0 fully saturated rings. The van der Waals surface area contributed by atoms with Crippen molar-refractivity contribution in [1.82, 2.24) is 0 Å². The summed E-state index contributed by atoms with van der Waals surface area (Å²) in [5.74, 6) is 1.29. The molecule has 22 heavy (non-hydrogen) atoms. The van der Waals surface area contributed by atoms with Crippen molar-refractivity contribution in [3.05, 3.63) is 64.7 Å². The van der Waals surface area contributed by atoms with Crippen LogP contribution < -0.4 is 9.47 Å². The average Bonchev–Trinajstić information content (AvgIpc) is 2.54. The normalized spacial score (nSPS) is 10.7. The van der Waals surface area contributed by atoms with Gasteiger partial charge in [0, 0.05) is 5.56 Å².